The van der Waals surface area contributed by atoms with E-state index in [0.717, 1.165) is 0 Å². The Balaban J connectivity index is 3.10. The van der Waals surface area contributed by atoms with E-state index in [2.05, 4.69) is 6.58 Å². The Morgan fingerprint density at radius 1 is 1.31 bits per heavy atom. The van der Waals surface area contributed by atoms with Crippen molar-refractivity contribution in [2.24, 2.45) is 0 Å². The number of esters is 1. The number of allylic oxidation sites excluding steroid dienone is 1. The average molecular weight is 220 g/mol. The van der Waals surface area contributed by atoms with E-state index >= 15 is 0 Å². The summed E-state index contributed by atoms with van der Waals surface area (Å²) in [5.74, 6) is -0.0349. The Morgan fingerprint density at radius 2 is 2.00 bits per heavy atom. The Bertz CT molecular complexity index is 435. The lowest BCUT2D eigenvalue weighted by Gasteiger charge is -2.08. The molecule has 0 radical (unpaired) electrons. The van der Waals surface area contributed by atoms with Crippen molar-refractivity contribution in [1.82, 2.24) is 0 Å². The highest BCUT2D eigenvalue weighted by molar-refractivity contribution is 6.04. The second kappa shape index (κ2) is 5.11. The molecule has 84 valence electrons. The third-order valence-electron chi connectivity index (χ3n) is 1.89. The van der Waals surface area contributed by atoms with Gasteiger partial charge in [-0.1, -0.05) is 6.58 Å². The van der Waals surface area contributed by atoms with E-state index in [1.165, 1.54) is 32.2 Å². The number of methoxy groups -OCH3 is 1. The van der Waals surface area contributed by atoms with Gasteiger partial charge >= 0.3 is 5.97 Å². The van der Waals surface area contributed by atoms with Crippen LogP contribution in [0.2, 0.25) is 0 Å². The third kappa shape index (κ3) is 2.70. The van der Waals surface area contributed by atoms with Gasteiger partial charge in [0.2, 0.25) is 0 Å². The molecule has 0 aliphatic carbocycles. The first-order chi connectivity index (χ1) is 7.58. The van der Waals surface area contributed by atoms with Crippen LogP contribution in [0.25, 0.3) is 0 Å². The van der Waals surface area contributed by atoms with Crippen LogP contribution in [0.15, 0.2) is 30.9 Å². The first kappa shape index (κ1) is 12.0. The highest BCUT2D eigenvalue weighted by atomic mass is 16.6. The van der Waals surface area contributed by atoms with E-state index < -0.39 is 5.97 Å². The monoisotopic (exact) mass is 220 g/mol. The predicted molar refractivity (Wildman–Crippen MR) is 58.8 cm³/mol. The van der Waals surface area contributed by atoms with Gasteiger partial charge in [-0.2, -0.15) is 0 Å². The lowest BCUT2D eigenvalue weighted by atomic mass is 10.1. The summed E-state index contributed by atoms with van der Waals surface area (Å²) in [6, 6.07) is 4.56. The minimum atomic E-state index is -0.443. The number of carbonyl (C=O) groups excluding carboxylic acids is 2. The van der Waals surface area contributed by atoms with Gasteiger partial charge in [-0.3, -0.25) is 9.59 Å². The average Bonchev–Trinajstić information content (AvgIpc) is 2.27. The molecule has 16 heavy (non-hydrogen) atoms. The number of ether oxygens (including phenoxy) is 2. The fourth-order valence-corrected chi connectivity index (χ4v) is 1.18. The van der Waals surface area contributed by atoms with E-state index in [1.54, 1.807) is 6.07 Å². The minimum absolute atomic E-state index is 0.215. The molecule has 0 aliphatic rings. The van der Waals surface area contributed by atoms with Gasteiger partial charge in [-0.15, -0.1) is 0 Å². The van der Waals surface area contributed by atoms with Crippen LogP contribution >= 0.6 is 0 Å². The first-order valence-electron chi connectivity index (χ1n) is 4.61. The smallest absolute Gasteiger partial charge is 0.308 e. The summed E-state index contributed by atoms with van der Waals surface area (Å²) in [6.45, 7) is 4.68. The van der Waals surface area contributed by atoms with Crippen molar-refractivity contribution in [3.8, 4) is 11.5 Å². The zero-order chi connectivity index (χ0) is 12.1. The zero-order valence-corrected chi connectivity index (χ0v) is 9.15. The van der Waals surface area contributed by atoms with Gasteiger partial charge in [-0.05, 0) is 24.3 Å². The summed E-state index contributed by atoms with van der Waals surface area (Å²) >= 11 is 0. The normalized spacial score (nSPS) is 9.38. The second-order valence-corrected chi connectivity index (χ2v) is 3.03. The van der Waals surface area contributed by atoms with Gasteiger partial charge in [0.05, 0.1) is 7.11 Å². The molecule has 0 fully saturated rings. The van der Waals surface area contributed by atoms with Crippen molar-refractivity contribution < 1.29 is 19.1 Å². The van der Waals surface area contributed by atoms with Crippen LogP contribution in [0.1, 0.15) is 17.3 Å². The molecule has 1 aromatic carbocycles. The summed E-state index contributed by atoms with van der Waals surface area (Å²) in [5, 5.41) is 0. The van der Waals surface area contributed by atoms with Crippen molar-refractivity contribution in [2.75, 3.05) is 7.11 Å². The van der Waals surface area contributed by atoms with E-state index in [4.69, 9.17) is 9.47 Å². The maximum atomic E-state index is 11.3. The number of carbonyl (C=O) groups is 2. The second-order valence-electron chi connectivity index (χ2n) is 3.03. The number of rotatable bonds is 4. The highest BCUT2D eigenvalue weighted by Crippen LogP contribution is 2.28. The first-order valence-corrected chi connectivity index (χ1v) is 4.61. The van der Waals surface area contributed by atoms with Gasteiger partial charge in [0.1, 0.15) is 0 Å². The van der Waals surface area contributed by atoms with Crippen molar-refractivity contribution in [3.05, 3.63) is 36.4 Å². The van der Waals surface area contributed by atoms with Gasteiger partial charge in [-0.25, -0.2) is 0 Å². The third-order valence-corrected chi connectivity index (χ3v) is 1.89. The molecule has 0 heterocycles. The summed E-state index contributed by atoms with van der Waals surface area (Å²) < 4.78 is 9.92. The topological polar surface area (TPSA) is 52.6 Å². The number of ketones is 1. The molecule has 0 spiro atoms. The summed E-state index contributed by atoms with van der Waals surface area (Å²) in [5.41, 5.74) is 0.433. The number of hydrogen-bond donors (Lipinski definition) is 0. The molecule has 1 rings (SSSR count). The standard InChI is InChI=1S/C12H12O4/c1-4-10(14)9-5-6-11(16-8(2)13)12(7-9)15-3/h4-7H,1H2,2-3H3. The van der Waals surface area contributed by atoms with Crippen LogP contribution in [0.5, 0.6) is 11.5 Å². The van der Waals surface area contributed by atoms with Gasteiger partial charge in [0.25, 0.3) is 0 Å². The summed E-state index contributed by atoms with van der Waals surface area (Å²) in [4.78, 5) is 22.1. The number of hydrogen-bond acceptors (Lipinski definition) is 4. The Hall–Kier alpha value is -2.10. The maximum Gasteiger partial charge on any atom is 0.308 e. The lowest BCUT2D eigenvalue weighted by Crippen LogP contribution is -2.04. The molecule has 1 aromatic rings. The zero-order valence-electron chi connectivity index (χ0n) is 9.15. The quantitative estimate of drug-likeness (QED) is 0.337. The van der Waals surface area contributed by atoms with Crippen LogP contribution in [0.4, 0.5) is 0 Å². The Labute approximate surface area is 93.5 Å². The van der Waals surface area contributed by atoms with Gasteiger partial charge in [0.15, 0.2) is 17.3 Å². The van der Waals surface area contributed by atoms with Crippen LogP contribution < -0.4 is 9.47 Å². The van der Waals surface area contributed by atoms with Crippen molar-refractivity contribution in [1.29, 1.82) is 0 Å². The predicted octanol–water partition coefficient (Wildman–Crippen LogP) is 1.99. The molecule has 0 bridgehead atoms. The SMILES string of the molecule is C=CC(=O)c1ccc(OC(C)=O)c(OC)c1. The van der Waals surface area contributed by atoms with Crippen molar-refractivity contribution in [3.63, 3.8) is 0 Å². The molecule has 4 nitrogen and oxygen atoms in total. The summed E-state index contributed by atoms with van der Waals surface area (Å²) in [7, 11) is 1.44. The minimum Gasteiger partial charge on any atom is -0.493 e. The van der Waals surface area contributed by atoms with Gasteiger partial charge < -0.3 is 9.47 Å². The fourth-order valence-electron chi connectivity index (χ4n) is 1.18. The van der Waals surface area contributed by atoms with Crippen molar-refractivity contribution in [2.45, 2.75) is 6.92 Å². The molecular weight excluding hydrogens is 208 g/mol. The van der Waals surface area contributed by atoms with Crippen LogP contribution in [-0.4, -0.2) is 18.9 Å². The molecule has 0 N–H and O–H groups in total. The largest absolute Gasteiger partial charge is 0.493 e. The molecule has 0 atom stereocenters. The summed E-state index contributed by atoms with van der Waals surface area (Å²) in [6.07, 6.45) is 1.21. The Morgan fingerprint density at radius 3 is 2.50 bits per heavy atom. The lowest BCUT2D eigenvalue weighted by molar-refractivity contribution is -0.132. The molecule has 4 heteroatoms. The fraction of sp³-hybridized carbons (Fsp3) is 0.167. The molecule has 0 unspecified atom stereocenters. The van der Waals surface area contributed by atoms with Gasteiger partial charge in [0, 0.05) is 12.5 Å². The molecule has 0 saturated carbocycles. The van der Waals surface area contributed by atoms with Crippen LogP contribution in [-0.2, 0) is 4.79 Å². The van der Waals surface area contributed by atoms with E-state index in [-0.39, 0.29) is 11.5 Å². The highest BCUT2D eigenvalue weighted by Gasteiger charge is 2.10. The van der Waals surface area contributed by atoms with Crippen molar-refractivity contribution >= 4 is 11.8 Å². The van der Waals surface area contributed by atoms with Crippen LogP contribution in [0, 0.1) is 0 Å². The number of benzene rings is 1. The molecule has 0 saturated heterocycles. The molecule has 0 aliphatic heterocycles. The molecular formula is C12H12O4. The maximum absolute atomic E-state index is 11.3. The van der Waals surface area contributed by atoms with E-state index in [0.29, 0.717) is 11.3 Å². The van der Waals surface area contributed by atoms with E-state index in [1.807, 2.05) is 0 Å². The molecule has 0 amide bonds. The Kier molecular flexibility index (Phi) is 3.83. The van der Waals surface area contributed by atoms with Crippen LogP contribution in [0.3, 0.4) is 0 Å². The molecule has 0 aromatic heterocycles. The van der Waals surface area contributed by atoms with E-state index in [9.17, 15) is 9.59 Å².